The Morgan fingerprint density at radius 1 is 1.47 bits per heavy atom. The number of carbonyl (C=O) groups excluding carboxylic acids is 1. The van der Waals surface area contributed by atoms with Crippen molar-refractivity contribution < 1.29 is 14.7 Å². The van der Waals surface area contributed by atoms with Gasteiger partial charge in [0.1, 0.15) is 6.10 Å². The molecular formula is C12H18N2O3. The van der Waals surface area contributed by atoms with Gasteiger partial charge >= 0.3 is 0 Å². The smallest absolute Gasteiger partial charge is 0.276 e. The van der Waals surface area contributed by atoms with E-state index in [-0.39, 0.29) is 0 Å². The van der Waals surface area contributed by atoms with Crippen LogP contribution in [-0.2, 0) is 16.1 Å². The van der Waals surface area contributed by atoms with E-state index < -0.39 is 18.1 Å². The summed E-state index contributed by atoms with van der Waals surface area (Å²) in [7, 11) is 2.79. The van der Waals surface area contributed by atoms with Crippen molar-refractivity contribution in [1.82, 2.24) is 5.06 Å². The molecule has 0 saturated carbocycles. The molecule has 0 aliphatic rings. The Balaban J connectivity index is 2.58. The molecule has 0 spiro atoms. The minimum Gasteiger partial charge on any atom is -0.382 e. The predicted octanol–water partition coefficient (Wildman–Crippen LogP) is -0.0629. The fourth-order valence-corrected chi connectivity index (χ4v) is 1.46. The second-order valence-electron chi connectivity index (χ2n) is 3.82. The maximum absolute atomic E-state index is 11.6. The maximum atomic E-state index is 11.6. The first kappa shape index (κ1) is 13.6. The Labute approximate surface area is 101 Å². The number of hydroxylamine groups is 2. The van der Waals surface area contributed by atoms with Gasteiger partial charge in [-0.3, -0.25) is 9.63 Å². The fraction of sp³-hybridized carbons (Fsp3) is 0.417. The third kappa shape index (κ3) is 3.81. The first-order valence-corrected chi connectivity index (χ1v) is 5.35. The molecule has 0 bridgehead atoms. The highest BCUT2D eigenvalue weighted by molar-refractivity contribution is 5.80. The molecule has 0 aliphatic heterocycles. The second-order valence-corrected chi connectivity index (χ2v) is 3.82. The van der Waals surface area contributed by atoms with Gasteiger partial charge in [0.25, 0.3) is 5.91 Å². The third-order valence-electron chi connectivity index (χ3n) is 2.56. The van der Waals surface area contributed by atoms with Crippen molar-refractivity contribution in [1.29, 1.82) is 0 Å². The summed E-state index contributed by atoms with van der Waals surface area (Å²) in [5.74, 6) is -0.545. The number of nitrogens with zero attached hydrogens (tertiary/aromatic N) is 1. The van der Waals surface area contributed by atoms with Crippen molar-refractivity contribution >= 4 is 5.91 Å². The zero-order chi connectivity index (χ0) is 12.8. The van der Waals surface area contributed by atoms with E-state index in [0.29, 0.717) is 6.42 Å². The number of aliphatic hydroxyl groups excluding tert-OH is 1. The van der Waals surface area contributed by atoms with E-state index >= 15 is 0 Å². The number of hydrogen-bond acceptors (Lipinski definition) is 4. The summed E-state index contributed by atoms with van der Waals surface area (Å²) in [6.07, 6.45) is -0.828. The van der Waals surface area contributed by atoms with Crippen LogP contribution in [0.2, 0.25) is 0 Å². The molecule has 0 aliphatic carbocycles. The first-order chi connectivity index (χ1) is 8.06. The Morgan fingerprint density at radius 3 is 2.59 bits per heavy atom. The summed E-state index contributed by atoms with van der Waals surface area (Å²) in [6.45, 7) is 0. The van der Waals surface area contributed by atoms with E-state index in [9.17, 15) is 9.90 Å². The highest BCUT2D eigenvalue weighted by atomic mass is 16.7. The summed E-state index contributed by atoms with van der Waals surface area (Å²) in [5, 5.41) is 10.7. The molecule has 1 aromatic rings. The average Bonchev–Trinajstić information content (AvgIpc) is 2.37. The lowest BCUT2D eigenvalue weighted by Crippen LogP contribution is -2.47. The van der Waals surface area contributed by atoms with Gasteiger partial charge in [-0.2, -0.15) is 0 Å². The van der Waals surface area contributed by atoms with Gasteiger partial charge in [0.2, 0.25) is 0 Å². The first-order valence-electron chi connectivity index (χ1n) is 5.35. The van der Waals surface area contributed by atoms with E-state index in [2.05, 4.69) is 0 Å². The Bertz CT molecular complexity index is 356. The molecule has 17 heavy (non-hydrogen) atoms. The normalized spacial score (nSPS) is 14.1. The minimum absolute atomic E-state index is 0.436. The number of carbonyl (C=O) groups is 1. The molecule has 0 fully saturated rings. The molecule has 2 atom stereocenters. The van der Waals surface area contributed by atoms with Crippen LogP contribution in [0, 0.1) is 0 Å². The van der Waals surface area contributed by atoms with Gasteiger partial charge in [-0.1, -0.05) is 30.3 Å². The molecule has 0 heterocycles. The van der Waals surface area contributed by atoms with Crippen LogP contribution in [0.1, 0.15) is 5.56 Å². The molecule has 0 aromatic heterocycles. The highest BCUT2D eigenvalue weighted by Gasteiger charge is 2.26. The largest absolute Gasteiger partial charge is 0.382 e. The summed E-state index contributed by atoms with van der Waals surface area (Å²) in [4.78, 5) is 16.3. The summed E-state index contributed by atoms with van der Waals surface area (Å²) < 4.78 is 0. The van der Waals surface area contributed by atoms with Gasteiger partial charge in [0.05, 0.1) is 7.11 Å². The van der Waals surface area contributed by atoms with Crippen molar-refractivity contribution in [3.05, 3.63) is 35.9 Å². The van der Waals surface area contributed by atoms with E-state index in [0.717, 1.165) is 10.6 Å². The van der Waals surface area contributed by atoms with Crippen molar-refractivity contribution in [2.45, 2.75) is 18.6 Å². The number of benzene rings is 1. The Morgan fingerprint density at radius 2 is 2.06 bits per heavy atom. The van der Waals surface area contributed by atoms with Gasteiger partial charge in [-0.25, -0.2) is 5.06 Å². The third-order valence-corrected chi connectivity index (χ3v) is 2.56. The summed E-state index contributed by atoms with van der Waals surface area (Å²) >= 11 is 0. The van der Waals surface area contributed by atoms with Crippen LogP contribution in [-0.4, -0.2) is 42.4 Å². The minimum atomic E-state index is -1.26. The van der Waals surface area contributed by atoms with E-state index in [1.807, 2.05) is 30.3 Å². The number of hydrogen-bond donors (Lipinski definition) is 2. The number of nitrogens with two attached hydrogens (primary N) is 1. The van der Waals surface area contributed by atoms with E-state index in [1.54, 1.807) is 0 Å². The summed E-state index contributed by atoms with van der Waals surface area (Å²) in [5.41, 5.74) is 6.77. The molecule has 1 rings (SSSR count). The molecule has 2 unspecified atom stereocenters. The lowest BCUT2D eigenvalue weighted by atomic mass is 10.0. The van der Waals surface area contributed by atoms with Crippen LogP contribution < -0.4 is 5.73 Å². The van der Waals surface area contributed by atoms with Crippen LogP contribution in [0.15, 0.2) is 30.3 Å². The molecule has 1 aromatic carbocycles. The lowest BCUT2D eigenvalue weighted by Gasteiger charge is -2.22. The van der Waals surface area contributed by atoms with Crippen molar-refractivity contribution in [2.75, 3.05) is 14.2 Å². The van der Waals surface area contributed by atoms with Gasteiger partial charge in [-0.15, -0.1) is 0 Å². The van der Waals surface area contributed by atoms with Crippen molar-refractivity contribution in [3.8, 4) is 0 Å². The van der Waals surface area contributed by atoms with Crippen LogP contribution in [0.5, 0.6) is 0 Å². The monoisotopic (exact) mass is 238 g/mol. The topological polar surface area (TPSA) is 75.8 Å². The molecule has 5 heteroatoms. The van der Waals surface area contributed by atoms with Gasteiger partial charge < -0.3 is 10.8 Å². The Kier molecular flexibility index (Phi) is 5.09. The van der Waals surface area contributed by atoms with Crippen LogP contribution in [0.3, 0.4) is 0 Å². The second kappa shape index (κ2) is 6.34. The van der Waals surface area contributed by atoms with E-state index in [1.165, 1.54) is 14.2 Å². The zero-order valence-electron chi connectivity index (χ0n) is 10.0. The van der Waals surface area contributed by atoms with Crippen molar-refractivity contribution in [2.24, 2.45) is 5.73 Å². The molecule has 94 valence electrons. The molecule has 3 N–H and O–H groups in total. The number of likely N-dealkylation sites (N-methyl/N-ethyl adjacent to an activating group) is 1. The molecule has 0 radical (unpaired) electrons. The number of amides is 1. The average molecular weight is 238 g/mol. The van der Waals surface area contributed by atoms with Gasteiger partial charge in [0, 0.05) is 13.1 Å². The van der Waals surface area contributed by atoms with Gasteiger partial charge in [-0.05, 0) is 12.0 Å². The van der Waals surface area contributed by atoms with Gasteiger partial charge in [0.15, 0.2) is 0 Å². The highest BCUT2D eigenvalue weighted by Crippen LogP contribution is 2.06. The zero-order valence-corrected chi connectivity index (χ0v) is 10.0. The lowest BCUT2D eigenvalue weighted by molar-refractivity contribution is -0.178. The molecule has 1 amide bonds. The fourth-order valence-electron chi connectivity index (χ4n) is 1.46. The van der Waals surface area contributed by atoms with Crippen LogP contribution in [0.25, 0.3) is 0 Å². The SMILES string of the molecule is CON(C)C(=O)C(O)C(N)Cc1ccccc1. The molecule has 0 saturated heterocycles. The Hall–Kier alpha value is -1.43. The standard InChI is InChI=1S/C12H18N2O3/c1-14(17-2)12(16)11(15)10(13)8-9-6-4-3-5-7-9/h3-7,10-11,15H,8,13H2,1-2H3. The quantitative estimate of drug-likeness (QED) is 0.704. The van der Waals surface area contributed by atoms with Crippen molar-refractivity contribution in [3.63, 3.8) is 0 Å². The molecule has 5 nitrogen and oxygen atoms in total. The number of rotatable bonds is 5. The van der Waals surface area contributed by atoms with Crippen LogP contribution in [0.4, 0.5) is 0 Å². The predicted molar refractivity (Wildman–Crippen MR) is 63.9 cm³/mol. The number of aliphatic hydroxyl groups is 1. The van der Waals surface area contributed by atoms with Crippen LogP contribution >= 0.6 is 0 Å². The summed E-state index contributed by atoms with van der Waals surface area (Å²) in [6, 6.07) is 8.82. The molecular weight excluding hydrogens is 220 g/mol. The maximum Gasteiger partial charge on any atom is 0.276 e. The van der Waals surface area contributed by atoms with E-state index in [4.69, 9.17) is 10.6 Å².